The van der Waals surface area contributed by atoms with Crippen molar-refractivity contribution < 1.29 is 9.90 Å². The van der Waals surface area contributed by atoms with Gasteiger partial charge in [0, 0.05) is 17.0 Å². The highest BCUT2D eigenvalue weighted by Crippen LogP contribution is 2.37. The van der Waals surface area contributed by atoms with Crippen molar-refractivity contribution in [3.05, 3.63) is 33.8 Å². The van der Waals surface area contributed by atoms with E-state index in [1.54, 1.807) is 18.2 Å². The minimum absolute atomic E-state index is 0.108. The Morgan fingerprint density at radius 3 is 2.63 bits per heavy atom. The van der Waals surface area contributed by atoms with Crippen molar-refractivity contribution in [3.8, 4) is 0 Å². The fourth-order valence-corrected chi connectivity index (χ4v) is 2.93. The minimum Gasteiger partial charge on any atom is -0.396 e. The molecule has 1 amide bonds. The van der Waals surface area contributed by atoms with E-state index in [0.29, 0.717) is 22.2 Å². The number of carbonyl (C=O) groups excluding carboxylic acids is 1. The van der Waals surface area contributed by atoms with Gasteiger partial charge in [-0.25, -0.2) is 0 Å². The van der Waals surface area contributed by atoms with E-state index >= 15 is 0 Å². The number of benzene rings is 1. The van der Waals surface area contributed by atoms with Gasteiger partial charge in [-0.05, 0) is 31.0 Å². The summed E-state index contributed by atoms with van der Waals surface area (Å²) in [5, 5.41) is 13.2. The van der Waals surface area contributed by atoms with Crippen LogP contribution in [0.15, 0.2) is 18.2 Å². The van der Waals surface area contributed by atoms with Gasteiger partial charge in [0.15, 0.2) is 0 Å². The van der Waals surface area contributed by atoms with Gasteiger partial charge in [0.2, 0.25) is 0 Å². The lowest BCUT2D eigenvalue weighted by molar-refractivity contribution is 0.0881. The van der Waals surface area contributed by atoms with Crippen LogP contribution in [-0.4, -0.2) is 24.2 Å². The summed E-state index contributed by atoms with van der Waals surface area (Å²) in [6, 6.07) is 4.81. The van der Waals surface area contributed by atoms with Crippen molar-refractivity contribution in [1.29, 1.82) is 0 Å². The normalized spacial score (nSPS) is 17.4. The molecule has 0 radical (unpaired) electrons. The van der Waals surface area contributed by atoms with E-state index in [1.165, 1.54) is 0 Å². The van der Waals surface area contributed by atoms with Crippen LogP contribution in [0.2, 0.25) is 10.0 Å². The minimum atomic E-state index is -0.243. The first-order chi connectivity index (χ1) is 9.06. The number of halogens is 2. The monoisotopic (exact) mass is 301 g/mol. The van der Waals surface area contributed by atoms with Gasteiger partial charge in [0.25, 0.3) is 5.91 Å². The molecule has 2 N–H and O–H groups in total. The average molecular weight is 302 g/mol. The number of aliphatic hydroxyl groups excluding tert-OH is 1. The van der Waals surface area contributed by atoms with Crippen LogP contribution in [0.4, 0.5) is 0 Å². The predicted octanol–water partition coefficient (Wildman–Crippen LogP) is 3.28. The first kappa shape index (κ1) is 14.6. The number of hydrogen-bond donors (Lipinski definition) is 2. The molecule has 0 bridgehead atoms. The maximum absolute atomic E-state index is 12.1. The molecule has 0 unspecified atom stereocenters. The molecule has 0 atom stereocenters. The zero-order chi connectivity index (χ0) is 13.9. The summed E-state index contributed by atoms with van der Waals surface area (Å²) in [7, 11) is 0. The Balaban J connectivity index is 2.03. The van der Waals surface area contributed by atoms with Gasteiger partial charge >= 0.3 is 0 Å². The van der Waals surface area contributed by atoms with Crippen LogP contribution in [0.5, 0.6) is 0 Å². The van der Waals surface area contributed by atoms with Gasteiger partial charge in [-0.3, -0.25) is 4.79 Å². The molecule has 1 aromatic rings. The number of hydrogen-bond acceptors (Lipinski definition) is 2. The number of amides is 1. The topological polar surface area (TPSA) is 49.3 Å². The molecule has 1 fully saturated rings. The molecule has 104 valence electrons. The summed E-state index contributed by atoms with van der Waals surface area (Å²) in [6.45, 7) is 0.585. The Morgan fingerprint density at radius 2 is 2.00 bits per heavy atom. The molecule has 3 nitrogen and oxygen atoms in total. The Morgan fingerprint density at radius 1 is 1.32 bits per heavy atom. The smallest absolute Gasteiger partial charge is 0.252 e. The maximum atomic E-state index is 12.1. The molecule has 0 saturated heterocycles. The number of nitrogens with one attached hydrogen (secondary N) is 1. The van der Waals surface area contributed by atoms with Gasteiger partial charge < -0.3 is 10.4 Å². The molecule has 2 rings (SSSR count). The van der Waals surface area contributed by atoms with Gasteiger partial charge in [-0.2, -0.15) is 0 Å². The third-order valence-corrected chi connectivity index (χ3v) is 4.36. The lowest BCUT2D eigenvalue weighted by Gasteiger charge is -2.26. The highest BCUT2D eigenvalue weighted by atomic mass is 35.5. The van der Waals surface area contributed by atoms with Crippen LogP contribution in [0.25, 0.3) is 0 Å². The first-order valence-corrected chi connectivity index (χ1v) is 7.16. The van der Waals surface area contributed by atoms with E-state index in [1.807, 2.05) is 0 Å². The van der Waals surface area contributed by atoms with Crippen LogP contribution in [0, 0.1) is 5.41 Å². The Kier molecular flexibility index (Phi) is 4.71. The predicted molar refractivity (Wildman–Crippen MR) is 76.8 cm³/mol. The lowest BCUT2D eigenvalue weighted by Crippen LogP contribution is -2.38. The number of carbonyl (C=O) groups is 1. The number of rotatable bonds is 4. The quantitative estimate of drug-likeness (QED) is 0.896. The van der Waals surface area contributed by atoms with E-state index in [0.717, 1.165) is 25.7 Å². The van der Waals surface area contributed by atoms with Crippen molar-refractivity contribution >= 4 is 29.1 Å². The summed E-state index contributed by atoms with van der Waals surface area (Å²) in [5.74, 6) is -0.243. The molecule has 1 aliphatic carbocycles. The van der Waals surface area contributed by atoms with Crippen LogP contribution in [-0.2, 0) is 0 Å². The van der Waals surface area contributed by atoms with Crippen molar-refractivity contribution in [1.82, 2.24) is 5.32 Å². The van der Waals surface area contributed by atoms with E-state index in [2.05, 4.69) is 5.32 Å². The summed E-state index contributed by atoms with van der Waals surface area (Å²) < 4.78 is 0. The SMILES string of the molecule is O=C(NCC1(CO)CCCC1)c1cc(Cl)ccc1Cl. The fourth-order valence-electron chi connectivity index (χ4n) is 2.55. The van der Waals surface area contributed by atoms with E-state index < -0.39 is 0 Å². The molecule has 0 spiro atoms. The van der Waals surface area contributed by atoms with Gasteiger partial charge in [-0.15, -0.1) is 0 Å². The second-order valence-electron chi connectivity index (χ2n) is 5.17. The van der Waals surface area contributed by atoms with E-state index in [4.69, 9.17) is 23.2 Å². The third-order valence-electron chi connectivity index (χ3n) is 3.80. The molecule has 1 saturated carbocycles. The molecule has 5 heteroatoms. The lowest BCUT2D eigenvalue weighted by atomic mass is 9.87. The van der Waals surface area contributed by atoms with E-state index in [-0.39, 0.29) is 17.9 Å². The molecule has 19 heavy (non-hydrogen) atoms. The van der Waals surface area contributed by atoms with E-state index in [9.17, 15) is 9.90 Å². The molecule has 1 aromatic carbocycles. The van der Waals surface area contributed by atoms with Crippen molar-refractivity contribution in [2.75, 3.05) is 13.2 Å². The molecule has 0 aliphatic heterocycles. The summed E-state index contributed by atoms with van der Waals surface area (Å²) in [6.07, 6.45) is 4.11. The first-order valence-electron chi connectivity index (χ1n) is 6.40. The van der Waals surface area contributed by atoms with Gasteiger partial charge in [0.05, 0.1) is 17.2 Å². The van der Waals surface area contributed by atoms with Crippen molar-refractivity contribution in [2.24, 2.45) is 5.41 Å². The van der Waals surface area contributed by atoms with Gasteiger partial charge in [-0.1, -0.05) is 36.0 Å². The summed E-state index contributed by atoms with van der Waals surface area (Å²) in [4.78, 5) is 12.1. The molecule has 0 heterocycles. The second-order valence-corrected chi connectivity index (χ2v) is 6.02. The van der Waals surface area contributed by atoms with Crippen LogP contribution >= 0.6 is 23.2 Å². The maximum Gasteiger partial charge on any atom is 0.252 e. The summed E-state index contributed by atoms with van der Waals surface area (Å²) in [5.41, 5.74) is 0.209. The van der Waals surface area contributed by atoms with Crippen molar-refractivity contribution in [2.45, 2.75) is 25.7 Å². The van der Waals surface area contributed by atoms with Crippen LogP contribution in [0.3, 0.4) is 0 Å². The van der Waals surface area contributed by atoms with Crippen LogP contribution < -0.4 is 5.32 Å². The van der Waals surface area contributed by atoms with Gasteiger partial charge in [0.1, 0.15) is 0 Å². The average Bonchev–Trinajstić information content (AvgIpc) is 2.88. The zero-order valence-corrected chi connectivity index (χ0v) is 12.1. The molecular formula is C14H17Cl2NO2. The fraction of sp³-hybridized carbons (Fsp3) is 0.500. The third kappa shape index (κ3) is 3.41. The zero-order valence-electron chi connectivity index (χ0n) is 10.6. The Bertz CT molecular complexity index is 471. The largest absolute Gasteiger partial charge is 0.396 e. The number of aliphatic hydroxyl groups is 1. The summed E-state index contributed by atoms with van der Waals surface area (Å²) >= 11 is 11.9. The van der Waals surface area contributed by atoms with Crippen molar-refractivity contribution in [3.63, 3.8) is 0 Å². The molecule has 0 aromatic heterocycles. The Labute approximate surface area is 122 Å². The van der Waals surface area contributed by atoms with Crippen LogP contribution in [0.1, 0.15) is 36.0 Å². The standard InChI is InChI=1S/C14H17Cl2NO2/c15-10-3-4-12(16)11(7-10)13(19)17-8-14(9-18)5-1-2-6-14/h3-4,7,18H,1-2,5-6,8-9H2,(H,17,19). The Hall–Kier alpha value is -0.770. The second kappa shape index (κ2) is 6.12. The highest BCUT2D eigenvalue weighted by molar-refractivity contribution is 6.35. The molecular weight excluding hydrogens is 285 g/mol. The molecule has 1 aliphatic rings. The highest BCUT2D eigenvalue weighted by Gasteiger charge is 2.33.